The van der Waals surface area contributed by atoms with Gasteiger partial charge in [0.05, 0.1) is 11.9 Å². The second-order valence-corrected chi connectivity index (χ2v) is 7.51. The van der Waals surface area contributed by atoms with Crippen LogP contribution in [0.4, 0.5) is 0 Å². The number of aromatic nitrogens is 2. The average Bonchev–Trinajstić information content (AvgIpc) is 3.06. The van der Waals surface area contributed by atoms with E-state index in [2.05, 4.69) is 30.7 Å². The van der Waals surface area contributed by atoms with Crippen molar-refractivity contribution in [2.75, 3.05) is 0 Å². The van der Waals surface area contributed by atoms with E-state index in [0.29, 0.717) is 0 Å². The first-order valence-corrected chi connectivity index (χ1v) is 9.09. The minimum Gasteiger partial charge on any atom is -0.466 e. The van der Waals surface area contributed by atoms with Gasteiger partial charge in [-0.1, -0.05) is 48.5 Å². The molecule has 3 aromatic rings. The van der Waals surface area contributed by atoms with Crippen molar-refractivity contribution < 1.29 is 4.74 Å². The van der Waals surface area contributed by atoms with Gasteiger partial charge in [0, 0.05) is 22.9 Å². The van der Waals surface area contributed by atoms with Crippen LogP contribution in [0.25, 0.3) is 5.69 Å². The Morgan fingerprint density at radius 1 is 1.19 bits per heavy atom. The van der Waals surface area contributed by atoms with Gasteiger partial charge in [0.15, 0.2) is 0 Å². The zero-order valence-electron chi connectivity index (χ0n) is 14.9. The average molecular weight is 365 g/mol. The van der Waals surface area contributed by atoms with Crippen LogP contribution in [-0.2, 0) is 0 Å². The van der Waals surface area contributed by atoms with Gasteiger partial charge in [0.25, 0.3) is 0 Å². The summed E-state index contributed by atoms with van der Waals surface area (Å²) in [4.78, 5) is 0. The zero-order valence-corrected chi connectivity index (χ0v) is 15.7. The lowest BCUT2D eigenvalue weighted by atomic mass is 9.78. The van der Waals surface area contributed by atoms with E-state index < -0.39 is 5.60 Å². The normalized spacial score (nSPS) is 21.7. The maximum absolute atomic E-state index is 6.46. The topological polar surface area (TPSA) is 27.1 Å². The van der Waals surface area contributed by atoms with Crippen molar-refractivity contribution in [3.05, 3.63) is 89.1 Å². The predicted molar refractivity (Wildman–Crippen MR) is 105 cm³/mol. The summed E-state index contributed by atoms with van der Waals surface area (Å²) in [5, 5.41) is 5.36. The molecule has 0 aliphatic carbocycles. The van der Waals surface area contributed by atoms with Crippen molar-refractivity contribution in [1.82, 2.24) is 9.78 Å². The Bertz CT molecular complexity index is 946. The SMILES string of the molecule is C=C(C)[C@]1(C)C[C@H](c2ccc(Cl)cc2)c2cnn(-c3ccccc3)c2O1. The van der Waals surface area contributed by atoms with Gasteiger partial charge in [-0.3, -0.25) is 0 Å². The molecule has 4 heteroatoms. The molecular weight excluding hydrogens is 344 g/mol. The van der Waals surface area contributed by atoms with E-state index in [4.69, 9.17) is 16.3 Å². The Balaban J connectivity index is 1.87. The van der Waals surface area contributed by atoms with Crippen LogP contribution in [-0.4, -0.2) is 15.4 Å². The zero-order chi connectivity index (χ0) is 18.3. The highest BCUT2D eigenvalue weighted by Gasteiger charge is 2.41. The van der Waals surface area contributed by atoms with Crippen molar-refractivity contribution in [3.8, 4) is 11.6 Å². The smallest absolute Gasteiger partial charge is 0.221 e. The van der Waals surface area contributed by atoms with Crippen molar-refractivity contribution in [2.45, 2.75) is 31.8 Å². The van der Waals surface area contributed by atoms with Crippen LogP contribution < -0.4 is 4.74 Å². The Hall–Kier alpha value is -2.52. The van der Waals surface area contributed by atoms with E-state index in [9.17, 15) is 0 Å². The van der Waals surface area contributed by atoms with Crippen molar-refractivity contribution in [3.63, 3.8) is 0 Å². The Labute approximate surface area is 158 Å². The first kappa shape index (κ1) is 16.9. The van der Waals surface area contributed by atoms with Crippen LogP contribution in [0.3, 0.4) is 0 Å². The van der Waals surface area contributed by atoms with E-state index in [1.54, 1.807) is 0 Å². The van der Waals surface area contributed by atoms with Crippen LogP contribution >= 0.6 is 11.6 Å². The molecule has 0 unspecified atom stereocenters. The second kappa shape index (κ2) is 6.33. The quantitative estimate of drug-likeness (QED) is 0.551. The monoisotopic (exact) mass is 364 g/mol. The highest BCUT2D eigenvalue weighted by molar-refractivity contribution is 6.30. The lowest BCUT2D eigenvalue weighted by molar-refractivity contribution is 0.0857. The van der Waals surface area contributed by atoms with E-state index in [0.717, 1.165) is 34.1 Å². The fourth-order valence-electron chi connectivity index (χ4n) is 3.45. The molecule has 0 bridgehead atoms. The molecule has 1 aliphatic rings. The molecule has 0 saturated heterocycles. The minimum absolute atomic E-state index is 0.176. The van der Waals surface area contributed by atoms with Crippen LogP contribution in [0, 0.1) is 0 Å². The van der Waals surface area contributed by atoms with Gasteiger partial charge in [0.2, 0.25) is 5.88 Å². The highest BCUT2D eigenvalue weighted by Crippen LogP contribution is 2.47. The molecule has 132 valence electrons. The lowest BCUT2D eigenvalue weighted by Gasteiger charge is -2.39. The number of para-hydroxylation sites is 1. The number of nitrogens with zero attached hydrogens (tertiary/aromatic N) is 2. The number of benzene rings is 2. The van der Waals surface area contributed by atoms with E-state index in [-0.39, 0.29) is 5.92 Å². The van der Waals surface area contributed by atoms with Gasteiger partial charge in [-0.05, 0) is 49.2 Å². The van der Waals surface area contributed by atoms with Gasteiger partial charge in [-0.25, -0.2) is 4.68 Å². The third kappa shape index (κ3) is 2.82. The third-order valence-corrected chi connectivity index (χ3v) is 5.47. The van der Waals surface area contributed by atoms with Crippen molar-refractivity contribution in [2.24, 2.45) is 0 Å². The van der Waals surface area contributed by atoms with Crippen molar-refractivity contribution in [1.29, 1.82) is 0 Å². The molecule has 0 radical (unpaired) electrons. The van der Waals surface area contributed by atoms with Crippen LogP contribution in [0.2, 0.25) is 5.02 Å². The Kier molecular flexibility index (Phi) is 4.12. The Morgan fingerprint density at radius 2 is 1.88 bits per heavy atom. The van der Waals surface area contributed by atoms with Gasteiger partial charge in [0.1, 0.15) is 5.60 Å². The summed E-state index contributed by atoms with van der Waals surface area (Å²) in [6, 6.07) is 18.1. The number of hydrogen-bond acceptors (Lipinski definition) is 2. The summed E-state index contributed by atoms with van der Waals surface area (Å²) < 4.78 is 8.33. The van der Waals surface area contributed by atoms with Crippen LogP contribution in [0.1, 0.15) is 37.3 Å². The van der Waals surface area contributed by atoms with E-state index >= 15 is 0 Å². The number of fused-ring (bicyclic) bond motifs is 1. The molecule has 4 rings (SSSR count). The van der Waals surface area contributed by atoms with Gasteiger partial charge in [-0.15, -0.1) is 0 Å². The van der Waals surface area contributed by atoms with Crippen LogP contribution in [0.5, 0.6) is 5.88 Å². The number of halogens is 1. The molecule has 0 fully saturated rings. The molecule has 1 aromatic heterocycles. The summed E-state index contributed by atoms with van der Waals surface area (Å²) in [5.74, 6) is 0.961. The van der Waals surface area contributed by atoms with Gasteiger partial charge < -0.3 is 4.74 Å². The van der Waals surface area contributed by atoms with E-state index in [1.165, 1.54) is 5.56 Å². The molecule has 0 spiro atoms. The molecule has 1 aliphatic heterocycles. The van der Waals surface area contributed by atoms with Crippen molar-refractivity contribution >= 4 is 11.6 Å². The number of ether oxygens (including phenoxy) is 1. The molecule has 2 heterocycles. The fourth-order valence-corrected chi connectivity index (χ4v) is 3.58. The number of rotatable bonds is 3. The maximum Gasteiger partial charge on any atom is 0.221 e. The standard InChI is InChI=1S/C22H21ClN2O/c1-15(2)22(3)13-19(16-9-11-17(23)12-10-16)20-14-24-25(21(20)26-22)18-7-5-4-6-8-18/h4-12,14,19H,1,13H2,2-3H3/t19-,22+/m1/s1. The summed E-state index contributed by atoms with van der Waals surface area (Å²) in [7, 11) is 0. The molecular formula is C22H21ClN2O. The molecule has 0 saturated carbocycles. The predicted octanol–water partition coefficient (Wildman–Crippen LogP) is 5.77. The van der Waals surface area contributed by atoms with Gasteiger partial charge in [-0.2, -0.15) is 5.10 Å². The largest absolute Gasteiger partial charge is 0.466 e. The van der Waals surface area contributed by atoms with Gasteiger partial charge >= 0.3 is 0 Å². The molecule has 2 atom stereocenters. The second-order valence-electron chi connectivity index (χ2n) is 7.07. The summed E-state index contributed by atoms with van der Waals surface area (Å²) >= 11 is 6.09. The lowest BCUT2D eigenvalue weighted by Crippen LogP contribution is -2.39. The Morgan fingerprint density at radius 3 is 2.54 bits per heavy atom. The van der Waals surface area contributed by atoms with Crippen LogP contribution in [0.15, 0.2) is 72.9 Å². The number of hydrogen-bond donors (Lipinski definition) is 0. The minimum atomic E-state index is -0.454. The first-order chi connectivity index (χ1) is 12.5. The fraction of sp³-hybridized carbons (Fsp3) is 0.227. The maximum atomic E-state index is 6.46. The van der Waals surface area contributed by atoms with E-state index in [1.807, 2.05) is 60.3 Å². The summed E-state index contributed by atoms with van der Waals surface area (Å²) in [6.07, 6.45) is 2.73. The third-order valence-electron chi connectivity index (χ3n) is 5.22. The molecule has 2 aromatic carbocycles. The molecule has 0 amide bonds. The first-order valence-electron chi connectivity index (χ1n) is 8.72. The highest BCUT2D eigenvalue weighted by atomic mass is 35.5. The summed E-state index contributed by atoms with van der Waals surface area (Å²) in [6.45, 7) is 8.30. The molecule has 0 N–H and O–H groups in total. The summed E-state index contributed by atoms with van der Waals surface area (Å²) in [5.41, 5.74) is 3.83. The molecule has 26 heavy (non-hydrogen) atoms. The molecule has 3 nitrogen and oxygen atoms in total.